The molecule has 1 fully saturated rings. The van der Waals surface area contributed by atoms with E-state index < -0.39 is 0 Å². The molecule has 1 aromatic carbocycles. The van der Waals surface area contributed by atoms with Crippen molar-refractivity contribution >= 4 is 11.9 Å². The Balaban J connectivity index is 1.93. The van der Waals surface area contributed by atoms with Crippen LogP contribution in [0.2, 0.25) is 0 Å². The van der Waals surface area contributed by atoms with Crippen molar-refractivity contribution in [1.82, 2.24) is 20.4 Å². The molecule has 1 aliphatic heterocycles. The van der Waals surface area contributed by atoms with E-state index in [2.05, 4.69) is 51.7 Å². The summed E-state index contributed by atoms with van der Waals surface area (Å²) < 4.78 is 5.61. The average molecular weight is 376 g/mol. The van der Waals surface area contributed by atoms with Crippen LogP contribution in [0.25, 0.3) is 0 Å². The van der Waals surface area contributed by atoms with Gasteiger partial charge < -0.3 is 20.3 Å². The number of hydrogen-bond acceptors (Lipinski definition) is 4. The molecule has 2 rings (SSSR count). The standard InChI is InChI=1S/C20H33N5O2/c1-5-21-20(23-13-19(26)24(3)4)22-12-17-7-6-8-18(11-17)15-25-9-10-27-16(2)14-25/h6-8,11,16H,5,9-10,12-15H2,1-4H3,(H2,21,22,23). The Hall–Kier alpha value is -2.12. The molecule has 0 bridgehead atoms. The Labute approximate surface area is 162 Å². The summed E-state index contributed by atoms with van der Waals surface area (Å²) >= 11 is 0. The van der Waals surface area contributed by atoms with Crippen LogP contribution in [0.15, 0.2) is 29.3 Å². The molecule has 1 amide bonds. The zero-order chi connectivity index (χ0) is 19.6. The van der Waals surface area contributed by atoms with E-state index in [1.54, 1.807) is 19.0 Å². The van der Waals surface area contributed by atoms with Crippen molar-refractivity contribution in [3.05, 3.63) is 35.4 Å². The quantitative estimate of drug-likeness (QED) is 0.551. The van der Waals surface area contributed by atoms with Crippen molar-refractivity contribution in [1.29, 1.82) is 0 Å². The molecule has 1 aliphatic rings. The van der Waals surface area contributed by atoms with Crippen LogP contribution in [-0.2, 0) is 22.6 Å². The van der Waals surface area contributed by atoms with Gasteiger partial charge in [0.15, 0.2) is 5.96 Å². The monoisotopic (exact) mass is 375 g/mol. The highest BCUT2D eigenvalue weighted by Gasteiger charge is 2.16. The second-order valence-electron chi connectivity index (χ2n) is 7.07. The number of hydrogen-bond donors (Lipinski definition) is 2. The van der Waals surface area contributed by atoms with Crippen LogP contribution in [0.1, 0.15) is 25.0 Å². The second kappa shape index (κ2) is 10.9. The molecule has 150 valence electrons. The lowest BCUT2D eigenvalue weighted by Gasteiger charge is -2.31. The Bertz CT molecular complexity index is 633. The van der Waals surface area contributed by atoms with Crippen molar-refractivity contribution in [2.24, 2.45) is 4.99 Å². The van der Waals surface area contributed by atoms with E-state index in [4.69, 9.17) is 4.74 Å². The molecule has 1 heterocycles. The first kappa shape index (κ1) is 21.2. The summed E-state index contributed by atoms with van der Waals surface area (Å²) in [5.41, 5.74) is 2.45. The van der Waals surface area contributed by atoms with Gasteiger partial charge in [0.2, 0.25) is 5.91 Å². The molecule has 0 saturated carbocycles. The van der Waals surface area contributed by atoms with Gasteiger partial charge in [-0.2, -0.15) is 0 Å². The molecule has 0 aliphatic carbocycles. The van der Waals surface area contributed by atoms with E-state index >= 15 is 0 Å². The minimum Gasteiger partial charge on any atom is -0.376 e. The molecular formula is C20H33N5O2. The molecule has 27 heavy (non-hydrogen) atoms. The minimum atomic E-state index is 0.0161. The summed E-state index contributed by atoms with van der Waals surface area (Å²) in [4.78, 5) is 20.3. The van der Waals surface area contributed by atoms with Gasteiger partial charge in [0, 0.05) is 40.3 Å². The number of benzene rings is 1. The predicted molar refractivity (Wildman–Crippen MR) is 109 cm³/mol. The van der Waals surface area contributed by atoms with Crippen LogP contribution in [0.4, 0.5) is 0 Å². The maximum absolute atomic E-state index is 11.7. The van der Waals surface area contributed by atoms with Crippen molar-refractivity contribution in [2.75, 3.05) is 46.9 Å². The Morgan fingerprint density at radius 1 is 1.33 bits per heavy atom. The van der Waals surface area contributed by atoms with Crippen LogP contribution < -0.4 is 10.6 Å². The number of carbonyl (C=O) groups excluding carboxylic acids is 1. The first-order chi connectivity index (χ1) is 13.0. The maximum Gasteiger partial charge on any atom is 0.241 e. The van der Waals surface area contributed by atoms with Crippen LogP contribution in [0.5, 0.6) is 0 Å². The third-order valence-corrected chi connectivity index (χ3v) is 4.39. The smallest absolute Gasteiger partial charge is 0.241 e. The number of aliphatic imine (C=N–C) groups is 1. The van der Waals surface area contributed by atoms with E-state index in [1.807, 2.05) is 6.92 Å². The Morgan fingerprint density at radius 3 is 2.81 bits per heavy atom. The van der Waals surface area contributed by atoms with Crippen LogP contribution in [0, 0.1) is 0 Å². The number of rotatable bonds is 7. The van der Waals surface area contributed by atoms with Crippen molar-refractivity contribution < 1.29 is 9.53 Å². The molecule has 1 aromatic rings. The van der Waals surface area contributed by atoms with Gasteiger partial charge in [-0.25, -0.2) is 4.99 Å². The zero-order valence-corrected chi connectivity index (χ0v) is 17.0. The summed E-state index contributed by atoms with van der Waals surface area (Å²) in [5, 5.41) is 6.26. The lowest BCUT2D eigenvalue weighted by molar-refractivity contribution is -0.127. The van der Waals surface area contributed by atoms with Crippen LogP contribution >= 0.6 is 0 Å². The summed E-state index contributed by atoms with van der Waals surface area (Å²) in [6.45, 7) is 9.35. The third-order valence-electron chi connectivity index (χ3n) is 4.39. The SMILES string of the molecule is CCNC(=NCc1cccc(CN2CCOC(C)C2)c1)NCC(=O)N(C)C. The number of likely N-dealkylation sites (N-methyl/N-ethyl adjacent to an activating group) is 1. The van der Waals surface area contributed by atoms with Gasteiger partial charge in [-0.3, -0.25) is 9.69 Å². The highest BCUT2D eigenvalue weighted by Crippen LogP contribution is 2.12. The van der Waals surface area contributed by atoms with Crippen molar-refractivity contribution in [2.45, 2.75) is 33.0 Å². The number of amides is 1. The highest BCUT2D eigenvalue weighted by molar-refractivity contribution is 5.86. The van der Waals surface area contributed by atoms with E-state index in [0.29, 0.717) is 18.6 Å². The van der Waals surface area contributed by atoms with Crippen molar-refractivity contribution in [3.63, 3.8) is 0 Å². The average Bonchev–Trinajstić information content (AvgIpc) is 2.64. The fourth-order valence-electron chi connectivity index (χ4n) is 2.95. The summed E-state index contributed by atoms with van der Waals surface area (Å²) in [7, 11) is 3.49. The van der Waals surface area contributed by atoms with Crippen molar-refractivity contribution in [3.8, 4) is 0 Å². The van der Waals surface area contributed by atoms with E-state index in [9.17, 15) is 4.79 Å². The number of ether oxygens (including phenoxy) is 1. The maximum atomic E-state index is 11.7. The molecule has 1 unspecified atom stereocenters. The fraction of sp³-hybridized carbons (Fsp3) is 0.600. The molecule has 2 N–H and O–H groups in total. The largest absolute Gasteiger partial charge is 0.376 e. The number of nitrogens with zero attached hydrogens (tertiary/aromatic N) is 3. The summed E-state index contributed by atoms with van der Waals surface area (Å²) in [6, 6.07) is 8.54. The van der Waals surface area contributed by atoms with Gasteiger partial charge in [-0.1, -0.05) is 24.3 Å². The molecular weight excluding hydrogens is 342 g/mol. The van der Waals surface area contributed by atoms with Gasteiger partial charge in [0.25, 0.3) is 0 Å². The Morgan fingerprint density at radius 2 is 2.11 bits per heavy atom. The molecule has 7 nitrogen and oxygen atoms in total. The van der Waals surface area contributed by atoms with Crippen LogP contribution in [-0.4, -0.2) is 74.7 Å². The highest BCUT2D eigenvalue weighted by atomic mass is 16.5. The summed E-state index contributed by atoms with van der Waals surface area (Å²) in [6.07, 6.45) is 0.296. The third kappa shape index (κ3) is 7.56. The second-order valence-corrected chi connectivity index (χ2v) is 7.07. The van der Waals surface area contributed by atoms with Gasteiger partial charge >= 0.3 is 0 Å². The lowest BCUT2D eigenvalue weighted by Crippen LogP contribution is -2.42. The number of nitrogens with one attached hydrogen (secondary N) is 2. The van der Waals surface area contributed by atoms with E-state index in [-0.39, 0.29) is 12.5 Å². The van der Waals surface area contributed by atoms with Gasteiger partial charge in [0.1, 0.15) is 0 Å². The van der Waals surface area contributed by atoms with Gasteiger partial charge in [0.05, 0.1) is 25.8 Å². The number of carbonyl (C=O) groups is 1. The minimum absolute atomic E-state index is 0.0161. The number of morpholine rings is 1. The van der Waals surface area contributed by atoms with E-state index in [1.165, 1.54) is 5.56 Å². The molecule has 0 radical (unpaired) electrons. The topological polar surface area (TPSA) is 69.2 Å². The predicted octanol–water partition coefficient (Wildman–Crippen LogP) is 1.05. The Kier molecular flexibility index (Phi) is 8.54. The molecule has 1 saturated heterocycles. The summed E-state index contributed by atoms with van der Waals surface area (Å²) in [5.74, 6) is 0.669. The normalized spacial score (nSPS) is 18.2. The lowest BCUT2D eigenvalue weighted by atomic mass is 10.1. The number of guanidine groups is 1. The fourth-order valence-corrected chi connectivity index (χ4v) is 2.95. The first-order valence-corrected chi connectivity index (χ1v) is 9.62. The molecule has 0 aromatic heterocycles. The first-order valence-electron chi connectivity index (χ1n) is 9.62. The van der Waals surface area contributed by atoms with Crippen LogP contribution in [0.3, 0.4) is 0 Å². The van der Waals surface area contributed by atoms with E-state index in [0.717, 1.165) is 38.3 Å². The molecule has 0 spiro atoms. The van der Waals surface area contributed by atoms with Gasteiger partial charge in [-0.15, -0.1) is 0 Å². The molecule has 1 atom stereocenters. The van der Waals surface area contributed by atoms with Gasteiger partial charge in [-0.05, 0) is 25.0 Å². The molecule has 7 heteroatoms. The zero-order valence-electron chi connectivity index (χ0n) is 17.0.